The molecule has 0 aliphatic carbocycles. The monoisotopic (exact) mass is 431 g/mol. The van der Waals surface area contributed by atoms with Gasteiger partial charge in [-0.25, -0.2) is 8.42 Å². The molecule has 2 aliphatic heterocycles. The number of aromatic nitrogens is 1. The summed E-state index contributed by atoms with van der Waals surface area (Å²) < 4.78 is 33.2. The normalized spacial score (nSPS) is 18.6. The topological polar surface area (TPSA) is 97.7 Å². The van der Waals surface area contributed by atoms with E-state index in [0.29, 0.717) is 23.5 Å². The van der Waals surface area contributed by atoms with Crippen LogP contribution < -0.4 is 15.0 Å². The molecule has 1 fully saturated rings. The Bertz CT molecular complexity index is 1120. The van der Waals surface area contributed by atoms with E-state index in [4.69, 9.17) is 4.74 Å². The molecule has 1 saturated heterocycles. The first-order valence-corrected chi connectivity index (χ1v) is 11.8. The molecule has 0 amide bonds. The summed E-state index contributed by atoms with van der Waals surface area (Å²) in [6.07, 6.45) is 4.60. The number of ether oxygens (including phenoxy) is 1. The summed E-state index contributed by atoms with van der Waals surface area (Å²) in [5.74, 6) is 0.479. The number of nitrogens with one attached hydrogen (secondary N) is 1. The van der Waals surface area contributed by atoms with Crippen LogP contribution >= 0.6 is 0 Å². The van der Waals surface area contributed by atoms with E-state index in [2.05, 4.69) is 9.62 Å². The number of likely N-dealkylation sites (tertiary alicyclic amines) is 1. The predicted octanol–water partition coefficient (Wildman–Crippen LogP) is 1.72. The molecule has 3 heterocycles. The quantitative estimate of drug-likeness (QED) is 0.774. The van der Waals surface area contributed by atoms with E-state index in [1.807, 2.05) is 6.07 Å². The summed E-state index contributed by atoms with van der Waals surface area (Å²) in [5.41, 5.74) is 0.250. The van der Waals surface area contributed by atoms with Gasteiger partial charge in [0.25, 0.3) is 5.56 Å². The van der Waals surface area contributed by atoms with Gasteiger partial charge in [0, 0.05) is 57.0 Å². The standard InChI is InChI=1S/C21H25N3O5S/c1-30(27,28)22-16-5-6-19-17(14-16)18(25)15-21(29-19)7-10-23(11-8-21)12-13-24-9-3-2-4-20(24)26/h2-6,9,14,22H,7-8,10-13,15H2,1H3. The number of hydrogen-bond donors (Lipinski definition) is 1. The van der Waals surface area contributed by atoms with E-state index in [9.17, 15) is 18.0 Å². The number of fused-ring (bicyclic) bond motifs is 1. The fourth-order valence-electron chi connectivity index (χ4n) is 4.13. The van der Waals surface area contributed by atoms with Crippen LogP contribution in [0.15, 0.2) is 47.4 Å². The van der Waals surface area contributed by atoms with Gasteiger partial charge < -0.3 is 14.2 Å². The highest BCUT2D eigenvalue weighted by atomic mass is 32.2. The van der Waals surface area contributed by atoms with Crippen molar-refractivity contribution in [2.75, 3.05) is 30.6 Å². The van der Waals surface area contributed by atoms with E-state index in [1.54, 1.807) is 35.0 Å². The molecule has 0 radical (unpaired) electrons. The lowest BCUT2D eigenvalue weighted by atomic mass is 9.82. The summed E-state index contributed by atoms with van der Waals surface area (Å²) in [6, 6.07) is 9.95. The van der Waals surface area contributed by atoms with Crippen LogP contribution in [-0.2, 0) is 16.6 Å². The number of carbonyl (C=O) groups is 1. The number of benzene rings is 1. The summed E-state index contributed by atoms with van der Waals surface area (Å²) in [7, 11) is -3.41. The fourth-order valence-corrected chi connectivity index (χ4v) is 4.68. The minimum absolute atomic E-state index is 0.00599. The van der Waals surface area contributed by atoms with Gasteiger partial charge in [-0.15, -0.1) is 0 Å². The summed E-state index contributed by atoms with van der Waals surface area (Å²) in [6.45, 7) is 2.98. The van der Waals surface area contributed by atoms with Crippen LogP contribution in [0.4, 0.5) is 5.69 Å². The number of sulfonamides is 1. The van der Waals surface area contributed by atoms with Gasteiger partial charge in [-0.2, -0.15) is 0 Å². The zero-order valence-corrected chi connectivity index (χ0v) is 17.7. The fraction of sp³-hybridized carbons (Fsp3) is 0.429. The Morgan fingerprint density at radius 3 is 2.57 bits per heavy atom. The van der Waals surface area contributed by atoms with Crippen molar-refractivity contribution in [3.05, 3.63) is 58.5 Å². The van der Waals surface area contributed by atoms with Crippen molar-refractivity contribution in [2.45, 2.75) is 31.4 Å². The van der Waals surface area contributed by atoms with Crippen molar-refractivity contribution >= 4 is 21.5 Å². The molecule has 1 aromatic carbocycles. The Hall–Kier alpha value is -2.65. The molecule has 2 aromatic rings. The lowest BCUT2D eigenvalue weighted by Crippen LogP contribution is -2.51. The van der Waals surface area contributed by atoms with Gasteiger partial charge in [-0.1, -0.05) is 6.07 Å². The number of piperidine rings is 1. The molecule has 0 unspecified atom stereocenters. The van der Waals surface area contributed by atoms with Gasteiger partial charge in [0.1, 0.15) is 11.4 Å². The molecule has 1 aromatic heterocycles. The highest BCUT2D eigenvalue weighted by molar-refractivity contribution is 7.92. The number of pyridine rings is 1. The first-order valence-electron chi connectivity index (χ1n) is 9.95. The average molecular weight is 432 g/mol. The third-order valence-electron chi connectivity index (χ3n) is 5.72. The third kappa shape index (κ3) is 4.57. The molecule has 30 heavy (non-hydrogen) atoms. The molecule has 8 nitrogen and oxygen atoms in total. The van der Waals surface area contributed by atoms with Gasteiger partial charge in [0.2, 0.25) is 10.0 Å². The van der Waals surface area contributed by atoms with E-state index in [0.717, 1.165) is 38.7 Å². The summed E-state index contributed by atoms with van der Waals surface area (Å²) in [5, 5.41) is 0. The second kappa shape index (κ2) is 7.88. The van der Waals surface area contributed by atoms with Crippen LogP contribution in [0.1, 0.15) is 29.6 Å². The Morgan fingerprint density at radius 2 is 1.87 bits per heavy atom. The Balaban J connectivity index is 1.40. The summed E-state index contributed by atoms with van der Waals surface area (Å²) >= 11 is 0. The number of nitrogens with zero attached hydrogens (tertiary/aromatic N) is 2. The highest BCUT2D eigenvalue weighted by Crippen LogP contribution is 2.40. The third-order valence-corrected chi connectivity index (χ3v) is 6.32. The number of Topliss-reactive ketones (excluding diaryl/α,β-unsaturated/α-hetero) is 1. The number of ketones is 1. The SMILES string of the molecule is CS(=O)(=O)Nc1ccc2c(c1)C(=O)CC1(CCN(CCn3ccccc3=O)CC1)O2. The van der Waals surface area contributed by atoms with Crippen molar-refractivity contribution in [1.82, 2.24) is 9.47 Å². The molecular formula is C21H25N3O5S. The van der Waals surface area contributed by atoms with E-state index >= 15 is 0 Å². The minimum atomic E-state index is -3.41. The molecule has 1 N–H and O–H groups in total. The van der Waals surface area contributed by atoms with Crippen molar-refractivity contribution < 1.29 is 17.9 Å². The smallest absolute Gasteiger partial charge is 0.250 e. The first-order chi connectivity index (χ1) is 14.2. The van der Waals surface area contributed by atoms with Gasteiger partial charge in [-0.05, 0) is 24.3 Å². The van der Waals surface area contributed by atoms with Crippen molar-refractivity contribution in [3.8, 4) is 5.75 Å². The van der Waals surface area contributed by atoms with E-state index in [1.165, 1.54) is 6.07 Å². The van der Waals surface area contributed by atoms with Crippen molar-refractivity contribution in [3.63, 3.8) is 0 Å². The maximum absolute atomic E-state index is 12.8. The zero-order chi connectivity index (χ0) is 21.4. The molecule has 160 valence electrons. The van der Waals surface area contributed by atoms with Gasteiger partial charge in [0.05, 0.1) is 18.2 Å². The molecule has 4 rings (SSSR count). The lowest BCUT2D eigenvalue weighted by molar-refractivity contribution is -0.00953. The maximum atomic E-state index is 12.8. The lowest BCUT2D eigenvalue weighted by Gasteiger charge is -2.44. The van der Waals surface area contributed by atoms with Crippen LogP contribution in [0.5, 0.6) is 5.75 Å². The number of anilines is 1. The second-order valence-corrected chi connectivity index (χ2v) is 9.79. The zero-order valence-electron chi connectivity index (χ0n) is 16.8. The second-order valence-electron chi connectivity index (χ2n) is 8.04. The van der Waals surface area contributed by atoms with Gasteiger partial charge in [-0.3, -0.25) is 14.3 Å². The van der Waals surface area contributed by atoms with Crippen molar-refractivity contribution in [1.29, 1.82) is 0 Å². The average Bonchev–Trinajstić information content (AvgIpc) is 2.68. The van der Waals surface area contributed by atoms with Crippen molar-refractivity contribution in [2.24, 2.45) is 0 Å². The molecular weight excluding hydrogens is 406 g/mol. The summed E-state index contributed by atoms with van der Waals surface area (Å²) in [4.78, 5) is 26.9. The minimum Gasteiger partial charge on any atom is -0.486 e. The van der Waals surface area contributed by atoms with E-state index < -0.39 is 15.6 Å². The number of rotatable bonds is 5. The number of hydrogen-bond acceptors (Lipinski definition) is 6. The number of carbonyl (C=O) groups excluding carboxylic acids is 1. The largest absolute Gasteiger partial charge is 0.486 e. The molecule has 0 atom stereocenters. The predicted molar refractivity (Wildman–Crippen MR) is 114 cm³/mol. The van der Waals surface area contributed by atoms with Gasteiger partial charge >= 0.3 is 0 Å². The molecule has 0 bridgehead atoms. The van der Waals surface area contributed by atoms with E-state index in [-0.39, 0.29) is 17.8 Å². The Morgan fingerprint density at radius 1 is 1.10 bits per heavy atom. The molecule has 1 spiro atoms. The molecule has 9 heteroatoms. The molecule has 0 saturated carbocycles. The van der Waals surface area contributed by atoms with Crippen LogP contribution in [0.25, 0.3) is 0 Å². The van der Waals surface area contributed by atoms with Gasteiger partial charge in [0.15, 0.2) is 5.78 Å². The molecule has 2 aliphatic rings. The van der Waals surface area contributed by atoms with Crippen LogP contribution in [0.2, 0.25) is 0 Å². The van der Waals surface area contributed by atoms with Crippen LogP contribution in [0, 0.1) is 0 Å². The maximum Gasteiger partial charge on any atom is 0.250 e. The highest BCUT2D eigenvalue weighted by Gasteiger charge is 2.42. The first kappa shape index (κ1) is 20.6. The Kier molecular flexibility index (Phi) is 5.42. The Labute approximate surface area is 175 Å². The van der Waals surface area contributed by atoms with Crippen LogP contribution in [-0.4, -0.2) is 55.2 Å². The van der Waals surface area contributed by atoms with Crippen LogP contribution in [0.3, 0.4) is 0 Å².